The molecule has 2 heterocycles. The van der Waals surface area contributed by atoms with E-state index < -0.39 is 0 Å². The lowest BCUT2D eigenvalue weighted by atomic mass is 10.1. The normalized spacial score (nSPS) is 17.9. The van der Waals surface area contributed by atoms with Gasteiger partial charge in [-0.3, -0.25) is 0 Å². The minimum Gasteiger partial charge on any atom is -0.461 e. The van der Waals surface area contributed by atoms with Crippen molar-refractivity contribution in [1.82, 2.24) is 9.78 Å². The molecule has 1 saturated heterocycles. The molecule has 6 heteroatoms. The highest BCUT2D eigenvalue weighted by molar-refractivity contribution is 14.1. The van der Waals surface area contributed by atoms with Gasteiger partial charge in [0.15, 0.2) is 11.9 Å². The molecule has 1 unspecified atom stereocenters. The van der Waals surface area contributed by atoms with Gasteiger partial charge in [-0.05, 0) is 48.8 Å². The first-order chi connectivity index (χ1) is 11.2. The second kappa shape index (κ2) is 7.44. The van der Waals surface area contributed by atoms with Gasteiger partial charge in [0.25, 0.3) is 0 Å². The molecule has 1 aromatic carbocycles. The number of carbonyl (C=O) groups excluding carboxylic acids is 1. The first-order valence-corrected chi connectivity index (χ1v) is 8.92. The van der Waals surface area contributed by atoms with Crippen molar-refractivity contribution < 1.29 is 14.3 Å². The molecule has 0 spiro atoms. The van der Waals surface area contributed by atoms with Gasteiger partial charge in [0.05, 0.1) is 10.2 Å². The Morgan fingerprint density at radius 3 is 2.83 bits per heavy atom. The number of ether oxygens (including phenoxy) is 2. The Labute approximate surface area is 149 Å². The highest BCUT2D eigenvalue weighted by Crippen LogP contribution is 2.32. The molecule has 5 nitrogen and oxygen atoms in total. The zero-order chi connectivity index (χ0) is 16.2. The van der Waals surface area contributed by atoms with Crippen LogP contribution in [0.5, 0.6) is 0 Å². The second-order valence-corrected chi connectivity index (χ2v) is 6.44. The van der Waals surface area contributed by atoms with E-state index in [9.17, 15) is 4.79 Å². The van der Waals surface area contributed by atoms with Crippen molar-refractivity contribution in [3.63, 3.8) is 0 Å². The molecule has 0 aliphatic carbocycles. The standard InChI is InChI=1S/C17H19IN2O3/c1-2-22-17(21)16-14(18)15(12-8-4-3-5-9-12)19-20(16)13-10-6-7-11-23-13/h3-5,8-9,13H,2,6-7,10-11H2,1H3. The van der Waals surface area contributed by atoms with Crippen LogP contribution < -0.4 is 0 Å². The van der Waals surface area contributed by atoms with E-state index in [1.807, 2.05) is 30.3 Å². The summed E-state index contributed by atoms with van der Waals surface area (Å²) in [6.07, 6.45) is 2.78. The first-order valence-electron chi connectivity index (χ1n) is 7.84. The number of halogens is 1. The number of carbonyl (C=O) groups is 1. The van der Waals surface area contributed by atoms with Gasteiger partial charge in [-0.25, -0.2) is 9.48 Å². The molecular weight excluding hydrogens is 407 g/mol. The van der Waals surface area contributed by atoms with Crippen molar-refractivity contribution >= 4 is 28.6 Å². The third-order valence-electron chi connectivity index (χ3n) is 3.80. The van der Waals surface area contributed by atoms with Crippen LogP contribution in [0, 0.1) is 3.57 Å². The van der Waals surface area contributed by atoms with Crippen LogP contribution >= 0.6 is 22.6 Å². The van der Waals surface area contributed by atoms with Gasteiger partial charge in [0, 0.05) is 12.2 Å². The van der Waals surface area contributed by atoms with Crippen LogP contribution in [0.25, 0.3) is 11.3 Å². The summed E-state index contributed by atoms with van der Waals surface area (Å²) in [4.78, 5) is 12.4. The fraction of sp³-hybridized carbons (Fsp3) is 0.412. The third kappa shape index (κ3) is 3.42. The van der Waals surface area contributed by atoms with Gasteiger partial charge in [0.2, 0.25) is 0 Å². The minimum absolute atomic E-state index is 0.200. The van der Waals surface area contributed by atoms with E-state index in [1.54, 1.807) is 11.6 Å². The molecule has 2 aromatic rings. The lowest BCUT2D eigenvalue weighted by Gasteiger charge is -2.24. The maximum absolute atomic E-state index is 12.4. The number of nitrogens with zero attached hydrogens (tertiary/aromatic N) is 2. The van der Waals surface area contributed by atoms with Crippen LogP contribution in [-0.4, -0.2) is 29.0 Å². The molecule has 122 valence electrons. The zero-order valence-corrected chi connectivity index (χ0v) is 15.2. The van der Waals surface area contributed by atoms with Crippen molar-refractivity contribution in [2.24, 2.45) is 0 Å². The topological polar surface area (TPSA) is 53.3 Å². The van der Waals surface area contributed by atoms with Crippen molar-refractivity contribution in [2.75, 3.05) is 13.2 Å². The van der Waals surface area contributed by atoms with E-state index in [0.717, 1.165) is 34.1 Å². The van der Waals surface area contributed by atoms with E-state index in [0.29, 0.717) is 18.9 Å². The molecule has 1 fully saturated rings. The van der Waals surface area contributed by atoms with Crippen molar-refractivity contribution in [2.45, 2.75) is 32.4 Å². The lowest BCUT2D eigenvalue weighted by molar-refractivity contribution is -0.0416. The summed E-state index contributed by atoms with van der Waals surface area (Å²) in [5.41, 5.74) is 2.26. The van der Waals surface area contributed by atoms with Crippen LogP contribution in [-0.2, 0) is 9.47 Å². The average Bonchev–Trinajstić information content (AvgIpc) is 2.94. The maximum atomic E-state index is 12.4. The number of rotatable bonds is 4. The van der Waals surface area contributed by atoms with Crippen LogP contribution in [0.1, 0.15) is 42.9 Å². The summed E-state index contributed by atoms with van der Waals surface area (Å²) >= 11 is 2.18. The Bertz CT molecular complexity index is 679. The van der Waals surface area contributed by atoms with Gasteiger partial charge < -0.3 is 9.47 Å². The second-order valence-electron chi connectivity index (χ2n) is 5.36. The predicted molar refractivity (Wildman–Crippen MR) is 95.2 cm³/mol. The Kier molecular flexibility index (Phi) is 5.32. The van der Waals surface area contributed by atoms with Gasteiger partial charge in [0.1, 0.15) is 5.69 Å². The molecule has 23 heavy (non-hydrogen) atoms. The van der Waals surface area contributed by atoms with E-state index in [4.69, 9.17) is 14.6 Å². The summed E-state index contributed by atoms with van der Waals surface area (Å²) in [6, 6.07) is 9.87. The molecule has 1 aliphatic heterocycles. The van der Waals surface area contributed by atoms with Gasteiger partial charge in [-0.1, -0.05) is 30.3 Å². The minimum atomic E-state index is -0.347. The van der Waals surface area contributed by atoms with Crippen LogP contribution in [0.4, 0.5) is 0 Å². The van der Waals surface area contributed by atoms with E-state index in [2.05, 4.69) is 22.6 Å². The highest BCUT2D eigenvalue weighted by Gasteiger charge is 2.29. The van der Waals surface area contributed by atoms with Crippen LogP contribution in [0.2, 0.25) is 0 Å². The number of aromatic nitrogens is 2. The smallest absolute Gasteiger partial charge is 0.357 e. The average molecular weight is 426 g/mol. The van der Waals surface area contributed by atoms with Crippen LogP contribution in [0.3, 0.4) is 0 Å². The van der Waals surface area contributed by atoms with E-state index in [-0.39, 0.29) is 12.2 Å². The molecule has 0 bridgehead atoms. The molecule has 3 rings (SSSR count). The molecule has 1 aliphatic rings. The largest absolute Gasteiger partial charge is 0.461 e. The molecule has 1 atom stereocenters. The molecular formula is C17H19IN2O3. The summed E-state index contributed by atoms with van der Waals surface area (Å²) in [7, 11) is 0. The van der Waals surface area contributed by atoms with Crippen molar-refractivity contribution in [3.8, 4) is 11.3 Å². The molecule has 0 radical (unpaired) electrons. The lowest BCUT2D eigenvalue weighted by Crippen LogP contribution is -2.24. The molecule has 0 saturated carbocycles. The SMILES string of the molecule is CCOC(=O)c1c(I)c(-c2ccccc2)nn1C1CCCCO1. The fourth-order valence-electron chi connectivity index (χ4n) is 2.70. The quantitative estimate of drug-likeness (QED) is 0.548. The monoisotopic (exact) mass is 426 g/mol. The Morgan fingerprint density at radius 2 is 2.17 bits per heavy atom. The predicted octanol–water partition coefficient (Wildman–Crippen LogP) is 4.03. The van der Waals surface area contributed by atoms with Crippen molar-refractivity contribution in [3.05, 3.63) is 39.6 Å². The summed E-state index contributed by atoms with van der Waals surface area (Å²) < 4.78 is 13.6. The summed E-state index contributed by atoms with van der Waals surface area (Å²) in [6.45, 7) is 2.84. The molecule has 0 amide bonds. The first kappa shape index (κ1) is 16.4. The number of esters is 1. The Balaban J connectivity index is 2.07. The maximum Gasteiger partial charge on any atom is 0.357 e. The molecule has 1 aromatic heterocycles. The van der Waals surface area contributed by atoms with Gasteiger partial charge in [-0.2, -0.15) is 5.10 Å². The number of hydrogen-bond donors (Lipinski definition) is 0. The Hall–Kier alpha value is -1.41. The fourth-order valence-corrected chi connectivity index (χ4v) is 3.59. The zero-order valence-electron chi connectivity index (χ0n) is 13.0. The highest BCUT2D eigenvalue weighted by atomic mass is 127. The summed E-state index contributed by atoms with van der Waals surface area (Å²) in [5.74, 6) is -0.347. The number of benzene rings is 1. The molecule has 0 N–H and O–H groups in total. The summed E-state index contributed by atoms with van der Waals surface area (Å²) in [5, 5.41) is 4.69. The van der Waals surface area contributed by atoms with Gasteiger partial charge in [-0.15, -0.1) is 0 Å². The van der Waals surface area contributed by atoms with E-state index in [1.165, 1.54) is 0 Å². The number of hydrogen-bond acceptors (Lipinski definition) is 4. The van der Waals surface area contributed by atoms with Crippen LogP contribution in [0.15, 0.2) is 30.3 Å². The van der Waals surface area contributed by atoms with Crippen molar-refractivity contribution in [1.29, 1.82) is 0 Å². The van der Waals surface area contributed by atoms with E-state index >= 15 is 0 Å². The third-order valence-corrected chi connectivity index (χ3v) is 4.82. The van der Waals surface area contributed by atoms with Gasteiger partial charge >= 0.3 is 5.97 Å². The Morgan fingerprint density at radius 1 is 1.39 bits per heavy atom.